The highest BCUT2D eigenvalue weighted by Gasteiger charge is 2.71. The lowest BCUT2D eigenvalue weighted by Gasteiger charge is -2.30. The molecule has 31 heavy (non-hydrogen) atoms. The fraction of sp³-hybridized carbons (Fsp3) is 0.625. The van der Waals surface area contributed by atoms with E-state index in [4.69, 9.17) is 18.6 Å². The first-order chi connectivity index (χ1) is 14.2. The molecular weight excluding hydrogens is 400 g/mol. The molecule has 7 heteroatoms. The highest BCUT2D eigenvalue weighted by Crippen LogP contribution is 2.55. The zero-order valence-electron chi connectivity index (χ0n) is 19.8. The topological polar surface area (TPSA) is 102 Å². The van der Waals surface area contributed by atoms with Crippen molar-refractivity contribution in [2.24, 2.45) is 0 Å². The van der Waals surface area contributed by atoms with Crippen molar-refractivity contribution in [3.05, 3.63) is 50.6 Å². The summed E-state index contributed by atoms with van der Waals surface area (Å²) in [6.07, 6.45) is 2.44. The fourth-order valence-corrected chi connectivity index (χ4v) is 4.90. The van der Waals surface area contributed by atoms with Gasteiger partial charge in [0.25, 0.3) is 0 Å². The van der Waals surface area contributed by atoms with Crippen LogP contribution in [0.3, 0.4) is 0 Å². The van der Waals surface area contributed by atoms with Gasteiger partial charge in [0.2, 0.25) is 0 Å². The van der Waals surface area contributed by atoms with Crippen LogP contribution < -0.4 is 10.4 Å². The van der Waals surface area contributed by atoms with Gasteiger partial charge in [-0.05, 0) is 67.0 Å². The quantitative estimate of drug-likeness (QED) is 0.524. The highest BCUT2D eigenvalue weighted by atomic mass is 16.7. The maximum atomic E-state index is 12.2. The summed E-state index contributed by atoms with van der Waals surface area (Å²) in [5, 5.41) is 22.1. The lowest BCUT2D eigenvalue weighted by molar-refractivity contribution is -0.0720. The van der Waals surface area contributed by atoms with Crippen LogP contribution in [0.4, 0.5) is 0 Å². The van der Waals surface area contributed by atoms with Crippen molar-refractivity contribution in [1.82, 2.24) is 0 Å². The maximum absolute atomic E-state index is 12.2. The molecule has 2 aliphatic heterocycles. The number of hydrogen-bond acceptors (Lipinski definition) is 7. The number of fused-ring (bicyclic) bond motifs is 1. The van der Waals surface area contributed by atoms with Gasteiger partial charge in [-0.2, -0.15) is 0 Å². The summed E-state index contributed by atoms with van der Waals surface area (Å²) in [4.78, 5) is 12.2. The summed E-state index contributed by atoms with van der Waals surface area (Å²) in [5.74, 6) is 0.313. The largest absolute Gasteiger partial charge is 0.496 e. The predicted octanol–water partition coefficient (Wildman–Crippen LogP) is 3.06. The van der Waals surface area contributed by atoms with Crippen LogP contribution in [0.1, 0.15) is 58.4 Å². The Balaban J connectivity index is 1.90. The maximum Gasteiger partial charge on any atom is 0.342 e. The number of ether oxygens (including phenoxy) is 3. The number of aliphatic hydroxyl groups excluding tert-OH is 1. The van der Waals surface area contributed by atoms with Crippen LogP contribution in [0.15, 0.2) is 32.5 Å². The second-order valence-electron chi connectivity index (χ2n) is 9.45. The first-order valence-electron chi connectivity index (χ1n) is 10.5. The number of epoxide rings is 1. The summed E-state index contributed by atoms with van der Waals surface area (Å²) in [5.41, 5.74) is -1.12. The van der Waals surface area contributed by atoms with E-state index in [1.54, 1.807) is 26.8 Å². The molecule has 0 saturated carbocycles. The van der Waals surface area contributed by atoms with Gasteiger partial charge in [-0.25, -0.2) is 4.79 Å². The number of rotatable bonds is 6. The molecule has 2 N–H and O–H groups in total. The molecule has 1 aromatic rings. The van der Waals surface area contributed by atoms with E-state index < -0.39 is 22.9 Å². The summed E-state index contributed by atoms with van der Waals surface area (Å²) >= 11 is 0. The predicted molar refractivity (Wildman–Crippen MR) is 116 cm³/mol. The molecule has 6 atom stereocenters. The van der Waals surface area contributed by atoms with Crippen molar-refractivity contribution < 1.29 is 28.8 Å². The number of methoxy groups -OCH3 is 1. The first kappa shape index (κ1) is 23.7. The summed E-state index contributed by atoms with van der Waals surface area (Å²) < 4.78 is 22.7. The Hall–Kier alpha value is -1.93. The normalized spacial score (nSPS) is 33.6. The fourth-order valence-electron chi connectivity index (χ4n) is 4.90. The van der Waals surface area contributed by atoms with Crippen LogP contribution in [-0.4, -0.2) is 46.8 Å². The van der Waals surface area contributed by atoms with Gasteiger partial charge < -0.3 is 28.8 Å². The van der Waals surface area contributed by atoms with E-state index in [1.165, 1.54) is 14.0 Å². The van der Waals surface area contributed by atoms with Gasteiger partial charge in [0.05, 0.1) is 18.8 Å². The third kappa shape index (κ3) is 3.78. The van der Waals surface area contributed by atoms with Crippen LogP contribution in [0, 0.1) is 13.8 Å². The Morgan fingerprint density at radius 1 is 1.23 bits per heavy atom. The molecule has 0 bridgehead atoms. The number of hydrogen-bond donors (Lipinski definition) is 2. The average molecular weight is 435 g/mol. The van der Waals surface area contributed by atoms with Crippen LogP contribution in [0.5, 0.6) is 5.75 Å². The van der Waals surface area contributed by atoms with E-state index in [2.05, 4.69) is 0 Å². The van der Waals surface area contributed by atoms with Gasteiger partial charge in [0.15, 0.2) is 0 Å². The zero-order valence-corrected chi connectivity index (χ0v) is 19.8. The van der Waals surface area contributed by atoms with Crippen molar-refractivity contribution in [2.45, 2.75) is 90.5 Å². The molecule has 1 aromatic heterocycles. The van der Waals surface area contributed by atoms with Gasteiger partial charge in [-0.15, -0.1) is 0 Å². The van der Waals surface area contributed by atoms with Crippen LogP contribution in [0.25, 0.3) is 0 Å². The van der Waals surface area contributed by atoms with E-state index in [9.17, 15) is 15.0 Å². The molecule has 0 unspecified atom stereocenters. The van der Waals surface area contributed by atoms with Crippen molar-refractivity contribution in [3.63, 3.8) is 0 Å². The first-order valence-corrected chi connectivity index (χ1v) is 10.5. The van der Waals surface area contributed by atoms with Gasteiger partial charge in [-0.3, -0.25) is 0 Å². The second kappa shape index (κ2) is 7.59. The van der Waals surface area contributed by atoms with E-state index in [1.807, 2.05) is 33.8 Å². The molecule has 2 fully saturated rings. The van der Waals surface area contributed by atoms with E-state index in [0.29, 0.717) is 22.4 Å². The SMILES string of the molecule is COc1c(C)c([C@](C)(O)[C@@H](O)/C(C)=C/C(C)=C/[C@]2(C)O[C@H](C)[C@@]3(C)O[C@H]32)oc(=O)c1C. The standard InChI is InChI=1S/C24H34O7/c1-12(11-22(6)21-24(8,31-21)16(5)30-22)10-13(2)18(25)23(7,27)19-14(3)17(28-9)15(4)20(26)29-19/h10-11,16,18,21,25,27H,1-9H3/b12-11+,13-10+/t16-,18+,21+,22+,23-,24-/m1/s1. The van der Waals surface area contributed by atoms with Crippen molar-refractivity contribution >= 4 is 0 Å². The van der Waals surface area contributed by atoms with Crippen molar-refractivity contribution in [2.75, 3.05) is 7.11 Å². The molecule has 2 aliphatic rings. The molecule has 172 valence electrons. The van der Waals surface area contributed by atoms with Crippen LogP contribution in [0.2, 0.25) is 0 Å². The monoisotopic (exact) mass is 434 g/mol. The lowest BCUT2D eigenvalue weighted by Crippen LogP contribution is -2.39. The van der Waals surface area contributed by atoms with E-state index >= 15 is 0 Å². The Kier molecular flexibility index (Phi) is 5.81. The summed E-state index contributed by atoms with van der Waals surface area (Å²) in [6.45, 7) is 14.3. The third-order valence-corrected chi connectivity index (χ3v) is 6.71. The summed E-state index contributed by atoms with van der Waals surface area (Å²) in [7, 11) is 1.45. The molecule has 0 aliphatic carbocycles. The third-order valence-electron chi connectivity index (χ3n) is 6.71. The molecule has 0 spiro atoms. The number of aliphatic hydroxyl groups is 2. The van der Waals surface area contributed by atoms with Crippen LogP contribution in [-0.2, 0) is 15.1 Å². The average Bonchev–Trinajstić information content (AvgIpc) is 3.34. The van der Waals surface area contributed by atoms with E-state index in [-0.39, 0.29) is 23.6 Å². The Morgan fingerprint density at radius 2 is 1.84 bits per heavy atom. The minimum Gasteiger partial charge on any atom is -0.496 e. The molecule has 0 aromatic carbocycles. The van der Waals surface area contributed by atoms with Crippen molar-refractivity contribution in [1.29, 1.82) is 0 Å². The van der Waals surface area contributed by atoms with E-state index in [0.717, 1.165) is 5.57 Å². The number of allylic oxidation sites excluding steroid dienone is 2. The van der Waals surface area contributed by atoms with Gasteiger partial charge in [0.1, 0.15) is 40.5 Å². The molecule has 7 nitrogen and oxygen atoms in total. The van der Waals surface area contributed by atoms with Gasteiger partial charge in [0, 0.05) is 5.56 Å². The Bertz CT molecular complexity index is 1000. The van der Waals surface area contributed by atoms with Gasteiger partial charge >= 0.3 is 5.63 Å². The minimum atomic E-state index is -1.84. The second-order valence-corrected chi connectivity index (χ2v) is 9.45. The molecule has 0 amide bonds. The van der Waals surface area contributed by atoms with Crippen LogP contribution >= 0.6 is 0 Å². The minimum absolute atomic E-state index is 0.00894. The van der Waals surface area contributed by atoms with Gasteiger partial charge in [-0.1, -0.05) is 11.6 Å². The zero-order chi connectivity index (χ0) is 23.5. The smallest absolute Gasteiger partial charge is 0.342 e. The highest BCUT2D eigenvalue weighted by molar-refractivity contribution is 5.42. The van der Waals surface area contributed by atoms with Crippen molar-refractivity contribution in [3.8, 4) is 5.75 Å². The molecule has 2 saturated heterocycles. The molecule has 3 rings (SSSR count). The lowest BCUT2D eigenvalue weighted by atomic mass is 9.87. The summed E-state index contributed by atoms with van der Waals surface area (Å²) in [6, 6.07) is 0. The molecular formula is C24H34O7. The Labute approximate surface area is 183 Å². The molecule has 3 heterocycles. The Morgan fingerprint density at radius 3 is 2.32 bits per heavy atom. The molecule has 0 radical (unpaired) electrons.